The van der Waals surface area contributed by atoms with Crippen molar-refractivity contribution in [1.29, 1.82) is 0 Å². The fourth-order valence-corrected chi connectivity index (χ4v) is 2.47. The molecular formula is C15H15Cl2N5. The summed E-state index contributed by atoms with van der Waals surface area (Å²) in [5, 5.41) is 4.18. The van der Waals surface area contributed by atoms with E-state index in [9.17, 15) is 0 Å². The number of rotatable bonds is 4. The highest BCUT2D eigenvalue weighted by atomic mass is 35.5. The highest BCUT2D eigenvalue weighted by molar-refractivity contribution is 6.30. The van der Waals surface area contributed by atoms with Crippen molar-refractivity contribution < 1.29 is 0 Å². The summed E-state index contributed by atoms with van der Waals surface area (Å²) in [5.41, 5.74) is 2.54. The molecule has 5 nitrogen and oxygen atoms in total. The van der Waals surface area contributed by atoms with Crippen molar-refractivity contribution in [1.82, 2.24) is 19.5 Å². The molecular weight excluding hydrogens is 321 g/mol. The average Bonchev–Trinajstić information content (AvgIpc) is 2.90. The Morgan fingerprint density at radius 3 is 2.55 bits per heavy atom. The van der Waals surface area contributed by atoms with E-state index in [4.69, 9.17) is 23.2 Å². The van der Waals surface area contributed by atoms with Crippen molar-refractivity contribution in [3.05, 3.63) is 46.5 Å². The van der Waals surface area contributed by atoms with E-state index in [0.29, 0.717) is 22.9 Å². The molecule has 0 saturated carbocycles. The number of anilines is 1. The van der Waals surface area contributed by atoms with Gasteiger partial charge in [-0.3, -0.25) is 0 Å². The lowest BCUT2D eigenvalue weighted by molar-refractivity contribution is 0.612. The van der Waals surface area contributed by atoms with Crippen LogP contribution >= 0.6 is 23.2 Å². The van der Waals surface area contributed by atoms with Crippen molar-refractivity contribution in [3.63, 3.8) is 0 Å². The zero-order chi connectivity index (χ0) is 15.7. The number of imidazole rings is 1. The van der Waals surface area contributed by atoms with Gasteiger partial charge in [0.1, 0.15) is 0 Å². The summed E-state index contributed by atoms with van der Waals surface area (Å²) in [6.07, 6.45) is 1.76. The van der Waals surface area contributed by atoms with Crippen molar-refractivity contribution in [2.24, 2.45) is 0 Å². The Kier molecular flexibility index (Phi) is 4.18. The zero-order valence-electron chi connectivity index (χ0n) is 12.2. The van der Waals surface area contributed by atoms with Crippen LogP contribution in [0.3, 0.4) is 0 Å². The molecule has 0 unspecified atom stereocenters. The maximum Gasteiger partial charge on any atom is 0.226 e. The molecule has 3 aromatic rings. The Balaban J connectivity index is 1.91. The molecule has 3 rings (SSSR count). The van der Waals surface area contributed by atoms with Gasteiger partial charge in [0.2, 0.25) is 5.28 Å². The topological polar surface area (TPSA) is 55.6 Å². The second-order valence-electron chi connectivity index (χ2n) is 5.24. The van der Waals surface area contributed by atoms with E-state index in [-0.39, 0.29) is 11.3 Å². The van der Waals surface area contributed by atoms with Gasteiger partial charge in [-0.2, -0.15) is 9.97 Å². The van der Waals surface area contributed by atoms with E-state index in [1.807, 2.05) is 28.8 Å². The second kappa shape index (κ2) is 6.10. The van der Waals surface area contributed by atoms with Gasteiger partial charge in [0.05, 0.1) is 6.33 Å². The molecule has 0 aliphatic rings. The van der Waals surface area contributed by atoms with Crippen LogP contribution in [-0.2, 0) is 6.54 Å². The largest absolute Gasteiger partial charge is 0.364 e. The van der Waals surface area contributed by atoms with E-state index in [1.165, 1.54) is 0 Å². The summed E-state index contributed by atoms with van der Waals surface area (Å²) in [6.45, 7) is 4.74. The molecule has 22 heavy (non-hydrogen) atoms. The lowest BCUT2D eigenvalue weighted by Crippen LogP contribution is -2.05. The van der Waals surface area contributed by atoms with Crippen LogP contribution in [0, 0.1) is 0 Å². The van der Waals surface area contributed by atoms with Gasteiger partial charge in [-0.05, 0) is 43.1 Å². The number of hydrogen-bond donors (Lipinski definition) is 1. The SMILES string of the molecule is CC(C)n1cnc2c(NCc3ccc(Cl)cc3)nc(Cl)nc21. The van der Waals surface area contributed by atoms with E-state index < -0.39 is 0 Å². The molecule has 1 aromatic carbocycles. The first-order valence-corrected chi connectivity index (χ1v) is 7.68. The number of nitrogens with one attached hydrogen (secondary N) is 1. The summed E-state index contributed by atoms with van der Waals surface area (Å²) in [5.74, 6) is 0.629. The normalized spacial score (nSPS) is 11.3. The molecule has 0 amide bonds. The molecule has 7 heteroatoms. The van der Waals surface area contributed by atoms with Crippen LogP contribution in [0.15, 0.2) is 30.6 Å². The number of nitrogens with zero attached hydrogens (tertiary/aromatic N) is 4. The summed E-state index contributed by atoms with van der Waals surface area (Å²) < 4.78 is 1.97. The van der Waals surface area contributed by atoms with Crippen LogP contribution in [0.2, 0.25) is 10.3 Å². The summed E-state index contributed by atoms with van der Waals surface area (Å²) >= 11 is 11.9. The fraction of sp³-hybridized carbons (Fsp3) is 0.267. The fourth-order valence-electron chi connectivity index (χ4n) is 2.18. The lowest BCUT2D eigenvalue weighted by atomic mass is 10.2. The second-order valence-corrected chi connectivity index (χ2v) is 6.01. The first-order chi connectivity index (χ1) is 10.5. The Morgan fingerprint density at radius 2 is 1.86 bits per heavy atom. The Labute approximate surface area is 138 Å². The Hall–Kier alpha value is -1.85. The van der Waals surface area contributed by atoms with Gasteiger partial charge >= 0.3 is 0 Å². The number of hydrogen-bond acceptors (Lipinski definition) is 4. The molecule has 0 spiro atoms. The van der Waals surface area contributed by atoms with E-state index in [0.717, 1.165) is 11.2 Å². The minimum atomic E-state index is 0.202. The van der Waals surface area contributed by atoms with Gasteiger partial charge in [0.25, 0.3) is 0 Å². The van der Waals surface area contributed by atoms with Crippen molar-refractivity contribution in [2.75, 3.05) is 5.32 Å². The minimum Gasteiger partial charge on any atom is -0.364 e. The predicted octanol–water partition coefficient (Wildman–Crippen LogP) is 4.33. The molecule has 0 bridgehead atoms. The van der Waals surface area contributed by atoms with E-state index >= 15 is 0 Å². The number of aromatic nitrogens is 4. The van der Waals surface area contributed by atoms with Gasteiger partial charge in [0.15, 0.2) is 17.0 Å². The molecule has 0 aliphatic carbocycles. The smallest absolute Gasteiger partial charge is 0.226 e. The predicted molar refractivity (Wildman–Crippen MR) is 89.5 cm³/mol. The first kappa shape index (κ1) is 15.1. The first-order valence-electron chi connectivity index (χ1n) is 6.93. The highest BCUT2D eigenvalue weighted by Crippen LogP contribution is 2.23. The molecule has 2 heterocycles. The minimum absolute atomic E-state index is 0.202. The molecule has 0 fully saturated rings. The van der Waals surface area contributed by atoms with Crippen LogP contribution in [0.4, 0.5) is 5.82 Å². The van der Waals surface area contributed by atoms with Crippen molar-refractivity contribution in [3.8, 4) is 0 Å². The lowest BCUT2D eigenvalue weighted by Gasteiger charge is -2.09. The maximum absolute atomic E-state index is 6.04. The molecule has 0 aliphatic heterocycles. The molecule has 114 valence electrons. The van der Waals surface area contributed by atoms with Gasteiger partial charge < -0.3 is 9.88 Å². The zero-order valence-corrected chi connectivity index (χ0v) is 13.7. The van der Waals surface area contributed by atoms with Gasteiger partial charge in [-0.1, -0.05) is 23.7 Å². The van der Waals surface area contributed by atoms with Gasteiger partial charge in [0, 0.05) is 17.6 Å². The number of halogens is 2. The monoisotopic (exact) mass is 335 g/mol. The van der Waals surface area contributed by atoms with Crippen molar-refractivity contribution in [2.45, 2.75) is 26.4 Å². The molecule has 0 radical (unpaired) electrons. The maximum atomic E-state index is 6.04. The number of fused-ring (bicyclic) bond motifs is 1. The quantitative estimate of drug-likeness (QED) is 0.721. The van der Waals surface area contributed by atoms with Crippen LogP contribution in [0.5, 0.6) is 0 Å². The average molecular weight is 336 g/mol. The molecule has 0 atom stereocenters. The molecule has 2 aromatic heterocycles. The Bertz CT molecular complexity index is 796. The molecule has 1 N–H and O–H groups in total. The van der Waals surface area contributed by atoms with E-state index in [2.05, 4.69) is 34.1 Å². The summed E-state index contributed by atoms with van der Waals surface area (Å²) in [4.78, 5) is 12.9. The van der Waals surface area contributed by atoms with Crippen LogP contribution in [0.1, 0.15) is 25.5 Å². The summed E-state index contributed by atoms with van der Waals surface area (Å²) in [7, 11) is 0. The Morgan fingerprint density at radius 1 is 1.14 bits per heavy atom. The number of benzene rings is 1. The highest BCUT2D eigenvalue weighted by Gasteiger charge is 2.13. The van der Waals surface area contributed by atoms with Gasteiger partial charge in [-0.15, -0.1) is 0 Å². The van der Waals surface area contributed by atoms with Crippen molar-refractivity contribution >= 4 is 40.2 Å². The van der Waals surface area contributed by atoms with Crippen LogP contribution in [0.25, 0.3) is 11.2 Å². The third kappa shape index (κ3) is 3.00. The van der Waals surface area contributed by atoms with Crippen LogP contribution in [-0.4, -0.2) is 19.5 Å². The van der Waals surface area contributed by atoms with E-state index in [1.54, 1.807) is 6.33 Å². The third-order valence-corrected chi connectivity index (χ3v) is 3.74. The van der Waals surface area contributed by atoms with Gasteiger partial charge in [-0.25, -0.2) is 4.98 Å². The summed E-state index contributed by atoms with van der Waals surface area (Å²) in [6, 6.07) is 7.88. The third-order valence-electron chi connectivity index (χ3n) is 3.32. The van der Waals surface area contributed by atoms with Crippen LogP contribution < -0.4 is 5.32 Å². The molecule has 0 saturated heterocycles. The standard InChI is InChI=1S/C15H15Cl2N5/c1-9(2)22-8-19-12-13(20-15(17)21-14(12)22)18-7-10-3-5-11(16)6-4-10/h3-6,8-9H,7H2,1-2H3,(H,18,20,21).